The Labute approximate surface area is 184 Å². The van der Waals surface area contributed by atoms with Gasteiger partial charge in [0.25, 0.3) is 0 Å². The number of rotatable bonds is 8. The van der Waals surface area contributed by atoms with Crippen molar-refractivity contribution in [2.75, 3.05) is 32.0 Å². The van der Waals surface area contributed by atoms with E-state index in [9.17, 15) is 4.79 Å². The van der Waals surface area contributed by atoms with E-state index in [4.69, 9.17) is 45.3 Å². The zero-order chi connectivity index (χ0) is 20.5. The first kappa shape index (κ1) is 23.3. The number of allylic oxidation sites excluding steroid dienone is 2. The highest BCUT2D eigenvalue weighted by Crippen LogP contribution is 2.23. The van der Waals surface area contributed by atoms with Crippen LogP contribution in [0.15, 0.2) is 40.5 Å². The molecular formula is C18H24Cl3N4O2S+. The summed E-state index contributed by atoms with van der Waals surface area (Å²) < 4.78 is 5.76. The van der Waals surface area contributed by atoms with Crippen LogP contribution in [0.2, 0.25) is 10.0 Å². The van der Waals surface area contributed by atoms with Gasteiger partial charge in [0.15, 0.2) is 5.03 Å². The first-order valence-electron chi connectivity index (χ1n) is 8.66. The monoisotopic (exact) mass is 465 g/mol. The van der Waals surface area contributed by atoms with Crippen molar-refractivity contribution in [1.29, 1.82) is 0 Å². The number of nitrogens with one attached hydrogen (secondary N) is 1. The van der Waals surface area contributed by atoms with E-state index in [1.54, 1.807) is 12.1 Å². The first-order chi connectivity index (χ1) is 13.3. The SMILES string of the molecule is N/C(Cl)=C\C=C(/[NH3+])SCC(=O)NCC1CN(Cc2ccc(Cl)c(Cl)c2)CCO1. The molecule has 2 rings (SSSR count). The van der Waals surface area contributed by atoms with Gasteiger partial charge in [-0.25, -0.2) is 0 Å². The maximum absolute atomic E-state index is 12.0. The third-order valence-electron chi connectivity index (χ3n) is 3.96. The molecule has 0 saturated carbocycles. The lowest BCUT2D eigenvalue weighted by molar-refractivity contribution is -0.284. The molecule has 154 valence electrons. The van der Waals surface area contributed by atoms with E-state index in [0.29, 0.717) is 28.2 Å². The van der Waals surface area contributed by atoms with Gasteiger partial charge < -0.3 is 21.5 Å². The standard InChI is InChI=1S/C18H23Cl3N4O2S/c19-14-2-1-12(7-15(14)20)9-25-5-6-27-13(10-25)8-24-18(26)11-28-17(23)4-3-16(21)22/h1-4,7,13H,5-6,8-11,22-23H2,(H,24,26)/p+1/b16-3-,17-4+. The van der Waals surface area contributed by atoms with Crippen molar-refractivity contribution in [2.45, 2.75) is 12.6 Å². The number of nitrogens with zero attached hydrogens (tertiary/aromatic N) is 1. The van der Waals surface area contributed by atoms with E-state index in [-0.39, 0.29) is 22.9 Å². The smallest absolute Gasteiger partial charge is 0.230 e. The Hall–Kier alpha value is -0.930. The summed E-state index contributed by atoms with van der Waals surface area (Å²) in [6, 6.07) is 5.65. The van der Waals surface area contributed by atoms with Gasteiger partial charge in [0.1, 0.15) is 0 Å². The second-order valence-corrected chi connectivity index (χ2v) is 8.61. The summed E-state index contributed by atoms with van der Waals surface area (Å²) >= 11 is 18.9. The molecule has 0 aromatic heterocycles. The van der Waals surface area contributed by atoms with E-state index in [2.05, 4.69) is 16.0 Å². The number of hydrogen-bond acceptors (Lipinski definition) is 5. The number of nitrogens with two attached hydrogens (primary N) is 1. The molecule has 1 unspecified atom stereocenters. The third-order valence-corrected chi connectivity index (χ3v) is 5.74. The van der Waals surface area contributed by atoms with Gasteiger partial charge in [-0.1, -0.05) is 52.6 Å². The fraction of sp³-hybridized carbons (Fsp3) is 0.389. The van der Waals surface area contributed by atoms with Gasteiger partial charge in [-0.3, -0.25) is 9.69 Å². The fourth-order valence-electron chi connectivity index (χ4n) is 2.60. The van der Waals surface area contributed by atoms with Crippen LogP contribution in [-0.4, -0.2) is 48.9 Å². The zero-order valence-electron chi connectivity index (χ0n) is 15.3. The van der Waals surface area contributed by atoms with E-state index in [0.717, 1.165) is 25.2 Å². The summed E-state index contributed by atoms with van der Waals surface area (Å²) in [5.41, 5.74) is 10.3. The molecule has 1 atom stereocenters. The Kier molecular flexibility index (Phi) is 9.94. The molecule has 1 aromatic carbocycles. The molecule has 1 amide bonds. The molecule has 6 nitrogen and oxygen atoms in total. The Morgan fingerprint density at radius 1 is 1.39 bits per heavy atom. The van der Waals surface area contributed by atoms with Crippen LogP contribution < -0.4 is 16.8 Å². The van der Waals surface area contributed by atoms with E-state index in [1.807, 2.05) is 12.1 Å². The van der Waals surface area contributed by atoms with Gasteiger partial charge in [-0.2, -0.15) is 0 Å². The highest BCUT2D eigenvalue weighted by Gasteiger charge is 2.21. The van der Waals surface area contributed by atoms with Crippen molar-refractivity contribution in [2.24, 2.45) is 5.73 Å². The number of hydrogen-bond donors (Lipinski definition) is 3. The molecule has 0 radical (unpaired) electrons. The van der Waals surface area contributed by atoms with E-state index >= 15 is 0 Å². The summed E-state index contributed by atoms with van der Waals surface area (Å²) in [5.74, 6) is 0.193. The number of carbonyl (C=O) groups excluding carboxylic acids is 1. The minimum absolute atomic E-state index is 0.0563. The fourth-order valence-corrected chi connectivity index (χ4v) is 3.57. The number of amides is 1. The average Bonchev–Trinajstić information content (AvgIpc) is 2.66. The lowest BCUT2D eigenvalue weighted by Gasteiger charge is -2.33. The van der Waals surface area contributed by atoms with Gasteiger partial charge in [0.05, 0.1) is 33.7 Å². The minimum Gasteiger partial charge on any atom is -0.389 e. The predicted octanol–water partition coefficient (Wildman–Crippen LogP) is 2.17. The van der Waals surface area contributed by atoms with Crippen molar-refractivity contribution >= 4 is 52.5 Å². The molecule has 10 heteroatoms. The molecule has 1 aliphatic heterocycles. The number of benzene rings is 1. The summed E-state index contributed by atoms with van der Waals surface area (Å²) in [7, 11) is 0. The maximum Gasteiger partial charge on any atom is 0.230 e. The highest BCUT2D eigenvalue weighted by atomic mass is 35.5. The quantitative estimate of drug-likeness (QED) is 0.403. The third kappa shape index (κ3) is 8.61. The van der Waals surface area contributed by atoms with Crippen LogP contribution >= 0.6 is 46.6 Å². The van der Waals surface area contributed by atoms with Gasteiger partial charge >= 0.3 is 0 Å². The summed E-state index contributed by atoms with van der Waals surface area (Å²) in [6.45, 7) is 3.39. The van der Waals surface area contributed by atoms with Gasteiger partial charge in [-0.15, -0.1) is 0 Å². The van der Waals surface area contributed by atoms with Crippen molar-refractivity contribution in [3.05, 3.63) is 56.1 Å². The van der Waals surface area contributed by atoms with Crippen LogP contribution in [-0.2, 0) is 16.1 Å². The second kappa shape index (κ2) is 11.9. The topological polar surface area (TPSA) is 95.2 Å². The van der Waals surface area contributed by atoms with Crippen LogP contribution in [0.5, 0.6) is 0 Å². The first-order valence-corrected chi connectivity index (χ1v) is 10.8. The average molecular weight is 467 g/mol. The number of quaternary nitrogens is 1. The maximum atomic E-state index is 12.0. The molecular weight excluding hydrogens is 443 g/mol. The van der Waals surface area contributed by atoms with Crippen LogP contribution in [0.3, 0.4) is 0 Å². The molecule has 6 N–H and O–H groups in total. The van der Waals surface area contributed by atoms with Gasteiger partial charge in [0.2, 0.25) is 5.91 Å². The predicted molar refractivity (Wildman–Crippen MR) is 116 cm³/mol. The lowest BCUT2D eigenvalue weighted by Crippen LogP contribution is -2.48. The number of ether oxygens (including phenoxy) is 1. The van der Waals surface area contributed by atoms with Crippen molar-refractivity contribution < 1.29 is 15.3 Å². The second-order valence-electron chi connectivity index (χ2n) is 6.25. The van der Waals surface area contributed by atoms with E-state index in [1.165, 1.54) is 17.8 Å². The van der Waals surface area contributed by atoms with Crippen LogP contribution in [0.1, 0.15) is 5.56 Å². The Morgan fingerprint density at radius 2 is 2.18 bits per heavy atom. The molecule has 1 aliphatic rings. The number of morpholine rings is 1. The van der Waals surface area contributed by atoms with Crippen molar-refractivity contribution in [3.63, 3.8) is 0 Å². The molecule has 1 fully saturated rings. The number of halogens is 3. The van der Waals surface area contributed by atoms with Crippen LogP contribution in [0.4, 0.5) is 0 Å². The lowest BCUT2D eigenvalue weighted by atomic mass is 10.2. The summed E-state index contributed by atoms with van der Waals surface area (Å²) in [4.78, 5) is 14.3. The minimum atomic E-state index is -0.0763. The van der Waals surface area contributed by atoms with Crippen LogP contribution in [0, 0.1) is 0 Å². The Morgan fingerprint density at radius 3 is 2.89 bits per heavy atom. The zero-order valence-corrected chi connectivity index (χ0v) is 18.4. The number of carbonyl (C=O) groups is 1. The largest absolute Gasteiger partial charge is 0.389 e. The number of thioether (sulfide) groups is 1. The molecule has 1 heterocycles. The van der Waals surface area contributed by atoms with E-state index < -0.39 is 0 Å². The normalized spacial score (nSPS) is 18.9. The highest BCUT2D eigenvalue weighted by molar-refractivity contribution is 8.03. The van der Waals surface area contributed by atoms with Gasteiger partial charge in [-0.05, 0) is 23.8 Å². The molecule has 28 heavy (non-hydrogen) atoms. The molecule has 1 saturated heterocycles. The molecule has 0 aliphatic carbocycles. The summed E-state index contributed by atoms with van der Waals surface area (Å²) in [5, 5.41) is 4.89. The molecule has 0 bridgehead atoms. The van der Waals surface area contributed by atoms with Crippen molar-refractivity contribution in [1.82, 2.24) is 10.2 Å². The summed E-state index contributed by atoms with van der Waals surface area (Å²) in [6.07, 6.45) is 3.15. The van der Waals surface area contributed by atoms with Crippen molar-refractivity contribution in [3.8, 4) is 0 Å². The Balaban J connectivity index is 1.73. The van der Waals surface area contributed by atoms with Crippen LogP contribution in [0.25, 0.3) is 0 Å². The van der Waals surface area contributed by atoms with Gasteiger partial charge in [0, 0.05) is 32.3 Å². The molecule has 0 spiro atoms. The molecule has 1 aromatic rings. The Bertz CT molecular complexity index is 742.